The molecule has 0 spiro atoms. The molecule has 0 bridgehead atoms. The Balaban J connectivity index is 2.97. The van der Waals surface area contributed by atoms with Gasteiger partial charge in [-0.1, -0.05) is 0 Å². The van der Waals surface area contributed by atoms with Crippen LogP contribution in [0, 0.1) is 0 Å². The van der Waals surface area contributed by atoms with Gasteiger partial charge in [-0.2, -0.15) is 0 Å². The normalized spacial score (nSPS) is 13.1. The molecular formula is C6H5Cl3Se. The maximum absolute atomic E-state index is 5.75. The monoisotopic (exact) mass is 262 g/mol. The Hall–Kier alpha value is 0.609. The molecule has 0 fully saturated rings. The van der Waals surface area contributed by atoms with Crippen LogP contribution in [0.4, 0.5) is 0 Å². The van der Waals surface area contributed by atoms with E-state index in [-0.39, 0.29) is 0 Å². The fourth-order valence-corrected chi connectivity index (χ4v) is 3.16. The molecule has 1 aromatic carbocycles. The van der Waals surface area contributed by atoms with E-state index in [1.807, 2.05) is 30.3 Å². The predicted molar refractivity (Wildman–Crippen MR) is 49.4 cm³/mol. The molecule has 0 aliphatic carbocycles. The predicted octanol–water partition coefficient (Wildman–Crippen LogP) is 2.55. The minimum absolute atomic E-state index is 0.851. The van der Waals surface area contributed by atoms with Crippen LogP contribution in [-0.2, 0) is 0 Å². The number of hydrogen-bond donors (Lipinski definition) is 0. The van der Waals surface area contributed by atoms with Gasteiger partial charge in [0.05, 0.1) is 0 Å². The van der Waals surface area contributed by atoms with E-state index in [9.17, 15) is 0 Å². The van der Waals surface area contributed by atoms with E-state index in [2.05, 4.69) is 0 Å². The second-order valence-electron chi connectivity index (χ2n) is 1.72. The van der Waals surface area contributed by atoms with Crippen molar-refractivity contribution in [3.8, 4) is 0 Å². The van der Waals surface area contributed by atoms with Gasteiger partial charge in [-0.05, 0) is 0 Å². The molecule has 1 rings (SSSR count). The van der Waals surface area contributed by atoms with E-state index in [1.54, 1.807) is 0 Å². The van der Waals surface area contributed by atoms with Gasteiger partial charge in [0.2, 0.25) is 0 Å². The molecule has 0 radical (unpaired) electrons. The Morgan fingerprint density at radius 3 is 1.70 bits per heavy atom. The minimum atomic E-state index is -2.78. The van der Waals surface area contributed by atoms with Gasteiger partial charge >= 0.3 is 75.2 Å². The molecule has 0 aliphatic heterocycles. The molecule has 4 heteroatoms. The van der Waals surface area contributed by atoms with Crippen molar-refractivity contribution in [2.75, 3.05) is 0 Å². The summed E-state index contributed by atoms with van der Waals surface area (Å²) >= 11 is 0. The van der Waals surface area contributed by atoms with Gasteiger partial charge in [-0.3, -0.25) is 0 Å². The second kappa shape index (κ2) is 3.34. The maximum atomic E-state index is 5.75. The summed E-state index contributed by atoms with van der Waals surface area (Å²) in [7, 11) is 14.5. The first-order chi connectivity index (χ1) is 4.61. The molecule has 0 aliphatic rings. The molecule has 0 unspecified atom stereocenters. The summed E-state index contributed by atoms with van der Waals surface area (Å²) in [5.41, 5.74) is 0. The molecule has 56 valence electrons. The van der Waals surface area contributed by atoms with Crippen LogP contribution in [0.5, 0.6) is 0 Å². The Kier molecular flexibility index (Phi) is 2.90. The molecule has 0 saturated carbocycles. The topological polar surface area (TPSA) is 0 Å². The van der Waals surface area contributed by atoms with E-state index in [4.69, 9.17) is 30.3 Å². The molecule has 0 amide bonds. The molecule has 10 heavy (non-hydrogen) atoms. The summed E-state index contributed by atoms with van der Waals surface area (Å²) in [4.78, 5) is 0. The summed E-state index contributed by atoms with van der Waals surface area (Å²) in [5.74, 6) is 0. The van der Waals surface area contributed by atoms with Gasteiger partial charge in [-0.15, -0.1) is 0 Å². The molecule has 0 heterocycles. The van der Waals surface area contributed by atoms with Crippen molar-refractivity contribution in [1.29, 1.82) is 0 Å². The van der Waals surface area contributed by atoms with Crippen LogP contribution in [0.2, 0.25) is 0 Å². The fraction of sp³-hybridized carbons (Fsp3) is 0. The zero-order chi connectivity index (χ0) is 7.61. The third kappa shape index (κ3) is 2.34. The Morgan fingerprint density at radius 1 is 0.900 bits per heavy atom. The van der Waals surface area contributed by atoms with Crippen LogP contribution in [0.1, 0.15) is 0 Å². The molecule has 0 saturated heterocycles. The van der Waals surface area contributed by atoms with Crippen molar-refractivity contribution >= 4 is 44.9 Å². The molecule has 0 N–H and O–H groups in total. The van der Waals surface area contributed by atoms with Crippen molar-refractivity contribution in [2.45, 2.75) is 0 Å². The van der Waals surface area contributed by atoms with Gasteiger partial charge < -0.3 is 0 Å². The number of halogens is 3. The molecule has 1 aromatic rings. The number of rotatable bonds is 1. The standard InChI is InChI=1S/C6H5Cl3Se/c7-10(8,9)6-4-2-1-3-5-6/h1-5H. The average molecular weight is 262 g/mol. The van der Waals surface area contributed by atoms with Crippen LogP contribution in [0.25, 0.3) is 0 Å². The summed E-state index contributed by atoms with van der Waals surface area (Å²) in [6, 6.07) is 9.32. The van der Waals surface area contributed by atoms with Crippen molar-refractivity contribution < 1.29 is 0 Å². The first-order valence-corrected chi connectivity index (χ1v) is 10.2. The van der Waals surface area contributed by atoms with Crippen molar-refractivity contribution in [2.24, 2.45) is 0 Å². The van der Waals surface area contributed by atoms with Gasteiger partial charge in [0.15, 0.2) is 0 Å². The third-order valence-corrected chi connectivity index (χ3v) is 5.48. The van der Waals surface area contributed by atoms with E-state index in [0.717, 1.165) is 4.46 Å². The number of hydrogen-bond acceptors (Lipinski definition) is 0. The number of benzene rings is 1. The Bertz CT molecular complexity index is 204. The van der Waals surface area contributed by atoms with Crippen molar-refractivity contribution in [3.63, 3.8) is 0 Å². The van der Waals surface area contributed by atoms with E-state index >= 15 is 0 Å². The second-order valence-corrected chi connectivity index (χ2v) is 14.1. The van der Waals surface area contributed by atoms with Crippen LogP contribution in [0.15, 0.2) is 30.3 Å². The van der Waals surface area contributed by atoms with Crippen LogP contribution < -0.4 is 4.46 Å². The summed E-state index contributed by atoms with van der Waals surface area (Å²) in [6.07, 6.45) is 0. The zero-order valence-electron chi connectivity index (χ0n) is 4.93. The van der Waals surface area contributed by atoms with E-state index in [0.29, 0.717) is 0 Å². The van der Waals surface area contributed by atoms with Gasteiger partial charge in [0.1, 0.15) is 0 Å². The quantitative estimate of drug-likeness (QED) is 0.682. The van der Waals surface area contributed by atoms with Crippen molar-refractivity contribution in [1.82, 2.24) is 0 Å². The zero-order valence-corrected chi connectivity index (χ0v) is 8.91. The molecular weight excluding hydrogens is 257 g/mol. The van der Waals surface area contributed by atoms with Crippen LogP contribution in [-0.4, -0.2) is 10.1 Å². The Labute approximate surface area is 75.0 Å². The first kappa shape index (κ1) is 8.70. The SMILES string of the molecule is Cl[Se](Cl)(Cl)c1ccccc1. The first-order valence-electron chi connectivity index (χ1n) is 2.58. The average Bonchev–Trinajstić information content (AvgIpc) is 1.88. The summed E-state index contributed by atoms with van der Waals surface area (Å²) < 4.78 is 0.851. The van der Waals surface area contributed by atoms with Crippen LogP contribution in [0.3, 0.4) is 0 Å². The summed E-state index contributed by atoms with van der Waals surface area (Å²) in [5, 5.41) is 0. The van der Waals surface area contributed by atoms with Crippen LogP contribution >= 0.6 is 30.3 Å². The van der Waals surface area contributed by atoms with E-state index < -0.39 is 10.1 Å². The Morgan fingerprint density at radius 2 is 1.40 bits per heavy atom. The molecule has 0 aromatic heterocycles. The third-order valence-electron chi connectivity index (χ3n) is 1.01. The fourth-order valence-electron chi connectivity index (χ4n) is 0.575. The van der Waals surface area contributed by atoms with Gasteiger partial charge in [0.25, 0.3) is 0 Å². The molecule has 0 atom stereocenters. The van der Waals surface area contributed by atoms with Gasteiger partial charge in [-0.25, -0.2) is 0 Å². The van der Waals surface area contributed by atoms with E-state index in [1.165, 1.54) is 0 Å². The summed E-state index contributed by atoms with van der Waals surface area (Å²) in [6.45, 7) is 0. The van der Waals surface area contributed by atoms with Gasteiger partial charge in [0, 0.05) is 0 Å². The molecule has 0 nitrogen and oxygen atoms in total. The van der Waals surface area contributed by atoms with Crippen molar-refractivity contribution in [3.05, 3.63) is 30.3 Å².